The predicted molar refractivity (Wildman–Crippen MR) is 56.6 cm³/mol. The summed E-state index contributed by atoms with van der Waals surface area (Å²) in [6.07, 6.45) is 3.06. The number of halogens is 1. The third-order valence-corrected chi connectivity index (χ3v) is 2.46. The van der Waals surface area contributed by atoms with Gasteiger partial charge in [0.05, 0.1) is 17.4 Å². The molecule has 0 N–H and O–H groups in total. The SMILES string of the molecule is CCOC(=O)c1cnc2nccc(Br)n12. The molecule has 0 unspecified atom stereocenters. The Balaban J connectivity index is 2.57. The summed E-state index contributed by atoms with van der Waals surface area (Å²) in [7, 11) is 0. The molecule has 5 nitrogen and oxygen atoms in total. The molecule has 0 radical (unpaired) electrons. The maximum atomic E-state index is 11.5. The molecule has 2 aromatic heterocycles. The molecule has 2 aromatic rings. The summed E-state index contributed by atoms with van der Waals surface area (Å²) in [6.45, 7) is 2.10. The number of nitrogens with zero attached hydrogens (tertiary/aromatic N) is 3. The smallest absolute Gasteiger partial charge is 0.357 e. The molecule has 15 heavy (non-hydrogen) atoms. The Labute approximate surface area is 94.2 Å². The van der Waals surface area contributed by atoms with Crippen molar-refractivity contribution in [3.8, 4) is 0 Å². The molecule has 0 saturated carbocycles. The fraction of sp³-hybridized carbons (Fsp3) is 0.222. The average Bonchev–Trinajstić information content (AvgIpc) is 2.63. The zero-order valence-electron chi connectivity index (χ0n) is 7.98. The molecule has 0 spiro atoms. The van der Waals surface area contributed by atoms with E-state index in [-0.39, 0.29) is 0 Å². The number of carbonyl (C=O) groups excluding carboxylic acids is 1. The first-order valence-corrected chi connectivity index (χ1v) is 5.18. The van der Waals surface area contributed by atoms with E-state index in [1.54, 1.807) is 23.6 Å². The lowest BCUT2D eigenvalue weighted by atomic mass is 10.5. The summed E-state index contributed by atoms with van der Waals surface area (Å²) < 4.78 is 7.21. The van der Waals surface area contributed by atoms with Gasteiger partial charge in [-0.3, -0.25) is 4.40 Å². The van der Waals surface area contributed by atoms with E-state index in [2.05, 4.69) is 25.9 Å². The third kappa shape index (κ3) is 1.72. The molecule has 0 aliphatic rings. The second-order valence-electron chi connectivity index (χ2n) is 2.77. The molecule has 0 bridgehead atoms. The Morgan fingerprint density at radius 2 is 2.40 bits per heavy atom. The monoisotopic (exact) mass is 269 g/mol. The first kappa shape index (κ1) is 10.1. The fourth-order valence-electron chi connectivity index (χ4n) is 1.23. The molecular formula is C9H8BrN3O2. The predicted octanol–water partition coefficient (Wildman–Crippen LogP) is 1.67. The van der Waals surface area contributed by atoms with E-state index in [9.17, 15) is 4.79 Å². The summed E-state index contributed by atoms with van der Waals surface area (Å²) in [5.41, 5.74) is 0.367. The lowest BCUT2D eigenvalue weighted by Gasteiger charge is -2.02. The largest absolute Gasteiger partial charge is 0.461 e. The molecule has 0 aromatic carbocycles. The van der Waals surface area contributed by atoms with Crippen LogP contribution in [0.3, 0.4) is 0 Å². The highest BCUT2D eigenvalue weighted by Crippen LogP contribution is 2.14. The number of rotatable bonds is 2. The Morgan fingerprint density at radius 1 is 1.60 bits per heavy atom. The molecule has 2 rings (SSSR count). The number of hydrogen-bond donors (Lipinski definition) is 0. The number of ether oxygens (including phenoxy) is 1. The van der Waals surface area contributed by atoms with Crippen LogP contribution in [0, 0.1) is 0 Å². The van der Waals surface area contributed by atoms with Crippen molar-refractivity contribution in [2.45, 2.75) is 6.92 Å². The van der Waals surface area contributed by atoms with Gasteiger partial charge >= 0.3 is 5.97 Å². The van der Waals surface area contributed by atoms with Crippen LogP contribution in [0.4, 0.5) is 0 Å². The van der Waals surface area contributed by atoms with Crippen molar-refractivity contribution in [2.24, 2.45) is 0 Å². The topological polar surface area (TPSA) is 56.5 Å². The van der Waals surface area contributed by atoms with Crippen molar-refractivity contribution >= 4 is 27.7 Å². The van der Waals surface area contributed by atoms with Gasteiger partial charge in [-0.1, -0.05) is 0 Å². The van der Waals surface area contributed by atoms with Crippen LogP contribution in [0.1, 0.15) is 17.4 Å². The molecule has 6 heteroatoms. The van der Waals surface area contributed by atoms with Gasteiger partial charge in [-0.15, -0.1) is 0 Å². The number of fused-ring (bicyclic) bond motifs is 1. The van der Waals surface area contributed by atoms with Gasteiger partial charge < -0.3 is 4.74 Å². The van der Waals surface area contributed by atoms with Crippen molar-refractivity contribution in [1.82, 2.24) is 14.4 Å². The van der Waals surface area contributed by atoms with E-state index in [1.165, 1.54) is 6.20 Å². The number of carbonyl (C=O) groups is 1. The van der Waals surface area contributed by atoms with Crippen LogP contribution in [0.15, 0.2) is 23.1 Å². The van der Waals surface area contributed by atoms with Gasteiger partial charge in [-0.25, -0.2) is 14.8 Å². The summed E-state index contributed by atoms with van der Waals surface area (Å²) in [5, 5.41) is 0. The minimum atomic E-state index is -0.404. The fourth-order valence-corrected chi connectivity index (χ4v) is 1.70. The van der Waals surface area contributed by atoms with Crippen LogP contribution in [0.5, 0.6) is 0 Å². The van der Waals surface area contributed by atoms with Crippen molar-refractivity contribution in [1.29, 1.82) is 0 Å². The van der Waals surface area contributed by atoms with E-state index < -0.39 is 5.97 Å². The highest BCUT2D eigenvalue weighted by atomic mass is 79.9. The molecular weight excluding hydrogens is 262 g/mol. The second kappa shape index (κ2) is 3.98. The van der Waals surface area contributed by atoms with Crippen LogP contribution in [0.2, 0.25) is 0 Å². The average molecular weight is 270 g/mol. The molecule has 2 heterocycles. The van der Waals surface area contributed by atoms with E-state index >= 15 is 0 Å². The maximum absolute atomic E-state index is 11.5. The lowest BCUT2D eigenvalue weighted by Crippen LogP contribution is -2.08. The van der Waals surface area contributed by atoms with E-state index in [0.29, 0.717) is 22.7 Å². The van der Waals surface area contributed by atoms with Crippen molar-refractivity contribution in [3.63, 3.8) is 0 Å². The van der Waals surface area contributed by atoms with Crippen LogP contribution < -0.4 is 0 Å². The molecule has 0 atom stereocenters. The van der Waals surface area contributed by atoms with Gasteiger partial charge in [0.15, 0.2) is 5.69 Å². The maximum Gasteiger partial charge on any atom is 0.357 e. The van der Waals surface area contributed by atoms with E-state index in [1.807, 2.05) is 0 Å². The van der Waals surface area contributed by atoms with Gasteiger partial charge in [-0.05, 0) is 28.9 Å². The zero-order valence-corrected chi connectivity index (χ0v) is 9.56. The van der Waals surface area contributed by atoms with Crippen molar-refractivity contribution in [3.05, 3.63) is 28.8 Å². The Hall–Kier alpha value is -1.43. The molecule has 0 amide bonds. The van der Waals surface area contributed by atoms with Crippen molar-refractivity contribution in [2.75, 3.05) is 6.61 Å². The normalized spacial score (nSPS) is 10.5. The Kier molecular flexibility index (Phi) is 2.68. The minimum Gasteiger partial charge on any atom is -0.461 e. The van der Waals surface area contributed by atoms with E-state index in [0.717, 1.165) is 0 Å². The minimum absolute atomic E-state index is 0.337. The summed E-state index contributed by atoms with van der Waals surface area (Å²) in [4.78, 5) is 19.6. The van der Waals surface area contributed by atoms with Gasteiger partial charge in [0.1, 0.15) is 0 Å². The van der Waals surface area contributed by atoms with Gasteiger partial charge in [-0.2, -0.15) is 0 Å². The Bertz CT molecular complexity index is 509. The molecule has 0 aliphatic heterocycles. The number of aromatic nitrogens is 3. The summed E-state index contributed by atoms with van der Waals surface area (Å²) in [5.74, 6) is 0.0612. The molecule has 78 valence electrons. The van der Waals surface area contributed by atoms with Crippen LogP contribution >= 0.6 is 15.9 Å². The quantitative estimate of drug-likeness (QED) is 0.615. The first-order chi connectivity index (χ1) is 7.24. The lowest BCUT2D eigenvalue weighted by molar-refractivity contribution is 0.0518. The number of imidazole rings is 1. The van der Waals surface area contributed by atoms with Crippen LogP contribution in [-0.4, -0.2) is 26.9 Å². The molecule has 0 fully saturated rings. The molecule has 0 saturated heterocycles. The highest BCUT2D eigenvalue weighted by molar-refractivity contribution is 9.10. The zero-order chi connectivity index (χ0) is 10.8. The standard InChI is InChI=1S/C9H8BrN3O2/c1-2-15-8(14)6-5-12-9-11-4-3-7(10)13(6)9/h3-5H,2H2,1H3. The van der Waals surface area contributed by atoms with Crippen LogP contribution in [-0.2, 0) is 4.74 Å². The second-order valence-corrected chi connectivity index (χ2v) is 3.58. The summed E-state index contributed by atoms with van der Waals surface area (Å²) >= 11 is 3.32. The number of hydrogen-bond acceptors (Lipinski definition) is 4. The Morgan fingerprint density at radius 3 is 3.13 bits per heavy atom. The van der Waals surface area contributed by atoms with Crippen molar-refractivity contribution < 1.29 is 9.53 Å². The summed E-state index contributed by atoms with van der Waals surface area (Å²) in [6, 6.07) is 1.73. The van der Waals surface area contributed by atoms with Crippen LogP contribution in [0.25, 0.3) is 5.78 Å². The van der Waals surface area contributed by atoms with Gasteiger partial charge in [0.2, 0.25) is 5.78 Å². The first-order valence-electron chi connectivity index (χ1n) is 4.39. The van der Waals surface area contributed by atoms with Gasteiger partial charge in [0.25, 0.3) is 0 Å². The molecule has 0 aliphatic carbocycles. The third-order valence-electron chi connectivity index (χ3n) is 1.84. The number of esters is 1. The van der Waals surface area contributed by atoms with Gasteiger partial charge in [0, 0.05) is 6.20 Å². The van der Waals surface area contributed by atoms with E-state index in [4.69, 9.17) is 4.74 Å². The highest BCUT2D eigenvalue weighted by Gasteiger charge is 2.14.